The normalized spacial score (nSPS) is 28.5. The van der Waals surface area contributed by atoms with Gasteiger partial charge in [0.15, 0.2) is 0 Å². The van der Waals surface area contributed by atoms with E-state index in [9.17, 15) is 0 Å². The van der Waals surface area contributed by atoms with Crippen molar-refractivity contribution in [3.8, 4) is 0 Å². The maximum absolute atomic E-state index is 3.97. The molecule has 2 heteroatoms. The van der Waals surface area contributed by atoms with Gasteiger partial charge in [-0.2, -0.15) is 11.8 Å². The van der Waals surface area contributed by atoms with Crippen LogP contribution in [0.2, 0.25) is 0 Å². The van der Waals surface area contributed by atoms with Gasteiger partial charge in [0.1, 0.15) is 0 Å². The Hall–Kier alpha value is -0.470. The molecular formula is C17H25NS. The minimum Gasteiger partial charge on any atom is -0.307 e. The van der Waals surface area contributed by atoms with E-state index in [4.69, 9.17) is 0 Å². The molecule has 1 nitrogen and oxygen atoms in total. The summed E-state index contributed by atoms with van der Waals surface area (Å²) in [5.74, 6) is 2.16. The lowest BCUT2D eigenvalue weighted by Gasteiger charge is -2.23. The highest BCUT2D eigenvalue weighted by Gasteiger charge is 2.35. The molecular weight excluding hydrogens is 250 g/mol. The second-order valence-corrected chi connectivity index (χ2v) is 7.56. The van der Waals surface area contributed by atoms with E-state index in [2.05, 4.69) is 54.3 Å². The van der Waals surface area contributed by atoms with Crippen LogP contribution in [0.5, 0.6) is 0 Å². The highest BCUT2D eigenvalue weighted by atomic mass is 32.2. The summed E-state index contributed by atoms with van der Waals surface area (Å²) in [6, 6.07) is 12.4. The van der Waals surface area contributed by atoms with Crippen molar-refractivity contribution < 1.29 is 0 Å². The lowest BCUT2D eigenvalue weighted by atomic mass is 10.0. The topological polar surface area (TPSA) is 12.0 Å². The van der Waals surface area contributed by atoms with Gasteiger partial charge in [-0.3, -0.25) is 0 Å². The molecule has 2 saturated carbocycles. The van der Waals surface area contributed by atoms with E-state index >= 15 is 0 Å². The van der Waals surface area contributed by atoms with Crippen LogP contribution in [-0.2, 0) is 0 Å². The summed E-state index contributed by atoms with van der Waals surface area (Å²) in [5.41, 5.74) is 1.50. The zero-order valence-electron chi connectivity index (χ0n) is 11.8. The number of thioether (sulfide) groups is 1. The number of rotatable bonds is 6. The standard InChI is InChI=1S/C17H25NS/c1-2-19-16-11-10-15(12-16)18-17(14-8-9-14)13-6-4-3-5-7-13/h3-7,14-18H,2,8-12H2,1H3. The molecule has 0 aliphatic heterocycles. The molecule has 19 heavy (non-hydrogen) atoms. The third-order valence-electron chi connectivity index (χ3n) is 4.45. The zero-order chi connectivity index (χ0) is 13.1. The highest BCUT2D eigenvalue weighted by Crippen LogP contribution is 2.42. The molecule has 0 bridgehead atoms. The van der Waals surface area contributed by atoms with Gasteiger partial charge >= 0.3 is 0 Å². The van der Waals surface area contributed by atoms with Crippen molar-refractivity contribution in [3.63, 3.8) is 0 Å². The molecule has 3 atom stereocenters. The van der Waals surface area contributed by atoms with Gasteiger partial charge in [0.05, 0.1) is 0 Å². The number of hydrogen-bond donors (Lipinski definition) is 1. The van der Waals surface area contributed by atoms with Crippen molar-refractivity contribution >= 4 is 11.8 Å². The van der Waals surface area contributed by atoms with E-state index in [-0.39, 0.29) is 0 Å². The summed E-state index contributed by atoms with van der Waals surface area (Å²) in [7, 11) is 0. The van der Waals surface area contributed by atoms with Crippen LogP contribution in [0.25, 0.3) is 0 Å². The van der Waals surface area contributed by atoms with Crippen molar-refractivity contribution in [2.24, 2.45) is 5.92 Å². The molecule has 104 valence electrons. The average Bonchev–Trinajstić information content (AvgIpc) is 3.19. The van der Waals surface area contributed by atoms with E-state index < -0.39 is 0 Å². The molecule has 3 rings (SSSR count). The summed E-state index contributed by atoms with van der Waals surface area (Å²) in [5, 5.41) is 4.87. The molecule has 0 aromatic heterocycles. The summed E-state index contributed by atoms with van der Waals surface area (Å²) in [4.78, 5) is 0. The number of benzene rings is 1. The molecule has 0 spiro atoms. The molecule has 2 fully saturated rings. The first kappa shape index (κ1) is 13.5. The molecule has 2 aliphatic carbocycles. The quantitative estimate of drug-likeness (QED) is 0.825. The fourth-order valence-corrected chi connectivity index (χ4v) is 4.47. The van der Waals surface area contributed by atoms with Crippen LogP contribution in [0.15, 0.2) is 30.3 Å². The number of nitrogens with one attached hydrogen (secondary N) is 1. The molecule has 0 saturated heterocycles. The van der Waals surface area contributed by atoms with Gasteiger partial charge in [-0.25, -0.2) is 0 Å². The van der Waals surface area contributed by atoms with Gasteiger partial charge in [0.25, 0.3) is 0 Å². The van der Waals surface area contributed by atoms with Crippen molar-refractivity contribution in [2.45, 2.75) is 56.4 Å². The fourth-order valence-electron chi connectivity index (χ4n) is 3.33. The largest absolute Gasteiger partial charge is 0.307 e. The van der Waals surface area contributed by atoms with Crippen molar-refractivity contribution in [3.05, 3.63) is 35.9 Å². The Morgan fingerprint density at radius 1 is 1.16 bits per heavy atom. The van der Waals surface area contributed by atoms with E-state index in [0.717, 1.165) is 17.2 Å². The van der Waals surface area contributed by atoms with Gasteiger partial charge in [-0.15, -0.1) is 0 Å². The minimum atomic E-state index is 0.608. The Bertz CT molecular complexity index is 388. The lowest BCUT2D eigenvalue weighted by Crippen LogP contribution is -2.32. The van der Waals surface area contributed by atoms with Crippen LogP contribution in [0.1, 0.15) is 50.6 Å². The first-order valence-electron chi connectivity index (χ1n) is 7.79. The Morgan fingerprint density at radius 2 is 1.95 bits per heavy atom. The SMILES string of the molecule is CCSC1CCC(NC(c2ccccc2)C2CC2)C1. The van der Waals surface area contributed by atoms with E-state index in [0.29, 0.717) is 6.04 Å². The number of hydrogen-bond acceptors (Lipinski definition) is 2. The Morgan fingerprint density at radius 3 is 2.63 bits per heavy atom. The van der Waals surface area contributed by atoms with Crippen molar-refractivity contribution in [1.82, 2.24) is 5.32 Å². The van der Waals surface area contributed by atoms with Crippen LogP contribution in [0, 0.1) is 5.92 Å². The maximum atomic E-state index is 3.97. The zero-order valence-corrected chi connectivity index (χ0v) is 12.7. The molecule has 1 aromatic carbocycles. The first-order valence-corrected chi connectivity index (χ1v) is 8.84. The Labute approximate surface area is 121 Å². The predicted octanol–water partition coefficient (Wildman–Crippen LogP) is 4.40. The van der Waals surface area contributed by atoms with Crippen LogP contribution in [0.3, 0.4) is 0 Å². The highest BCUT2D eigenvalue weighted by molar-refractivity contribution is 7.99. The fraction of sp³-hybridized carbons (Fsp3) is 0.647. The molecule has 3 unspecified atom stereocenters. The van der Waals surface area contributed by atoms with Crippen molar-refractivity contribution in [1.29, 1.82) is 0 Å². The van der Waals surface area contributed by atoms with Crippen molar-refractivity contribution in [2.75, 3.05) is 5.75 Å². The lowest BCUT2D eigenvalue weighted by molar-refractivity contribution is 0.406. The predicted molar refractivity (Wildman–Crippen MR) is 84.6 cm³/mol. The van der Waals surface area contributed by atoms with Gasteiger partial charge in [-0.1, -0.05) is 37.3 Å². The molecule has 1 aromatic rings. The molecule has 0 amide bonds. The molecule has 0 radical (unpaired) electrons. The Kier molecular flexibility index (Phi) is 4.49. The molecule has 1 N–H and O–H groups in total. The Balaban J connectivity index is 1.60. The van der Waals surface area contributed by atoms with Crippen LogP contribution >= 0.6 is 11.8 Å². The third kappa shape index (κ3) is 3.55. The third-order valence-corrected chi connectivity index (χ3v) is 5.69. The summed E-state index contributed by atoms with van der Waals surface area (Å²) in [6.45, 7) is 2.28. The van der Waals surface area contributed by atoms with E-state index in [1.54, 1.807) is 0 Å². The van der Waals surface area contributed by atoms with Gasteiger partial charge in [0, 0.05) is 17.3 Å². The summed E-state index contributed by atoms with van der Waals surface area (Å²) >= 11 is 2.15. The van der Waals surface area contributed by atoms with Crippen LogP contribution in [-0.4, -0.2) is 17.0 Å². The second-order valence-electron chi connectivity index (χ2n) is 5.98. The second kappa shape index (κ2) is 6.32. The van der Waals surface area contributed by atoms with Gasteiger partial charge in [-0.05, 0) is 49.3 Å². The van der Waals surface area contributed by atoms with Gasteiger partial charge < -0.3 is 5.32 Å². The summed E-state index contributed by atoms with van der Waals surface area (Å²) < 4.78 is 0. The maximum Gasteiger partial charge on any atom is 0.0351 e. The van der Waals surface area contributed by atoms with E-state index in [1.165, 1.54) is 43.4 Å². The van der Waals surface area contributed by atoms with Crippen LogP contribution < -0.4 is 5.32 Å². The summed E-state index contributed by atoms with van der Waals surface area (Å²) in [6.07, 6.45) is 6.96. The minimum absolute atomic E-state index is 0.608. The molecule has 0 heterocycles. The van der Waals surface area contributed by atoms with Crippen LogP contribution in [0.4, 0.5) is 0 Å². The molecule has 2 aliphatic rings. The van der Waals surface area contributed by atoms with E-state index in [1.807, 2.05) is 0 Å². The average molecular weight is 275 g/mol. The first-order chi connectivity index (χ1) is 9.36. The van der Waals surface area contributed by atoms with Gasteiger partial charge in [0.2, 0.25) is 0 Å². The monoisotopic (exact) mass is 275 g/mol. The smallest absolute Gasteiger partial charge is 0.0351 e.